The van der Waals surface area contributed by atoms with Gasteiger partial charge in [0.1, 0.15) is 6.04 Å². The summed E-state index contributed by atoms with van der Waals surface area (Å²) in [6.45, 7) is 6.15. The molecule has 0 heterocycles. The molecule has 1 amide bonds. The van der Waals surface area contributed by atoms with Gasteiger partial charge in [0.05, 0.1) is 21.0 Å². The van der Waals surface area contributed by atoms with E-state index >= 15 is 0 Å². The Kier molecular flexibility index (Phi) is 8.67. The van der Waals surface area contributed by atoms with Crippen LogP contribution in [0.4, 0.5) is 5.69 Å². The van der Waals surface area contributed by atoms with Crippen molar-refractivity contribution in [2.75, 3.05) is 11.9 Å². The Labute approximate surface area is 196 Å². The Morgan fingerprint density at radius 1 is 1.06 bits per heavy atom. The van der Waals surface area contributed by atoms with Crippen LogP contribution in [0.25, 0.3) is 0 Å². The first-order chi connectivity index (χ1) is 14.8. The number of halogens is 2. The van der Waals surface area contributed by atoms with E-state index in [1.165, 1.54) is 19.1 Å². The van der Waals surface area contributed by atoms with Crippen LogP contribution in [0.3, 0.4) is 0 Å². The highest BCUT2D eigenvalue weighted by atomic mass is 35.5. The second-order valence-electron chi connectivity index (χ2n) is 7.35. The Hall–Kier alpha value is -2.17. The van der Waals surface area contributed by atoms with E-state index in [9.17, 15) is 23.1 Å². The second kappa shape index (κ2) is 10.6. The van der Waals surface area contributed by atoms with Crippen molar-refractivity contribution in [2.45, 2.75) is 44.7 Å². The lowest BCUT2D eigenvalue weighted by Crippen LogP contribution is -2.48. The maximum atomic E-state index is 12.6. The monoisotopic (exact) mass is 502 g/mol. The molecule has 2 rings (SSSR count). The molecule has 0 aromatic heterocycles. The van der Waals surface area contributed by atoms with Crippen LogP contribution in [-0.4, -0.2) is 44.2 Å². The van der Waals surface area contributed by atoms with Gasteiger partial charge in [0.25, 0.3) is 5.91 Å². The van der Waals surface area contributed by atoms with E-state index < -0.39 is 40.7 Å². The maximum Gasteiger partial charge on any atom is 0.327 e. The molecule has 2 aromatic rings. The van der Waals surface area contributed by atoms with Gasteiger partial charge in [-0.15, -0.1) is 0 Å². The lowest BCUT2D eigenvalue weighted by atomic mass is 10.1. The number of sulfonamides is 1. The van der Waals surface area contributed by atoms with E-state index in [1.807, 2.05) is 32.9 Å². The fourth-order valence-electron chi connectivity index (χ4n) is 3.00. The third kappa shape index (κ3) is 6.66. The van der Waals surface area contributed by atoms with E-state index in [2.05, 4.69) is 10.0 Å². The van der Waals surface area contributed by atoms with Gasteiger partial charge >= 0.3 is 5.97 Å². The summed E-state index contributed by atoms with van der Waals surface area (Å²) in [5.41, 5.74) is 3.33. The molecular formula is C21H24Cl2N2O6S. The Balaban J connectivity index is 2.07. The van der Waals surface area contributed by atoms with Crippen LogP contribution in [-0.2, 0) is 24.3 Å². The topological polar surface area (TPSA) is 122 Å². The molecule has 11 heteroatoms. The van der Waals surface area contributed by atoms with Gasteiger partial charge in [-0.25, -0.2) is 8.42 Å². The third-order valence-electron chi connectivity index (χ3n) is 4.51. The summed E-state index contributed by atoms with van der Waals surface area (Å²) in [7, 11) is -4.25. The molecule has 2 atom stereocenters. The largest absolute Gasteiger partial charge is 0.454 e. The first kappa shape index (κ1) is 26.1. The van der Waals surface area contributed by atoms with Gasteiger partial charge in [-0.1, -0.05) is 40.9 Å². The van der Waals surface area contributed by atoms with Crippen molar-refractivity contribution < 1.29 is 27.9 Å². The lowest BCUT2D eigenvalue weighted by molar-refractivity contribution is -0.151. The van der Waals surface area contributed by atoms with Crippen LogP contribution in [0.15, 0.2) is 35.2 Å². The minimum absolute atomic E-state index is 0.00378. The van der Waals surface area contributed by atoms with E-state index in [4.69, 9.17) is 27.9 Å². The van der Waals surface area contributed by atoms with Gasteiger partial charge in [0, 0.05) is 5.69 Å². The number of aliphatic hydroxyl groups is 1. The number of hydrogen-bond acceptors (Lipinski definition) is 6. The minimum Gasteiger partial charge on any atom is -0.454 e. The predicted octanol–water partition coefficient (Wildman–Crippen LogP) is 3.13. The van der Waals surface area contributed by atoms with E-state index in [1.54, 1.807) is 0 Å². The molecule has 0 radical (unpaired) electrons. The third-order valence-corrected chi connectivity index (χ3v) is 6.68. The van der Waals surface area contributed by atoms with Gasteiger partial charge in [0.15, 0.2) is 6.61 Å². The summed E-state index contributed by atoms with van der Waals surface area (Å²) < 4.78 is 32.2. The number of esters is 1. The van der Waals surface area contributed by atoms with Gasteiger partial charge in [-0.3, -0.25) is 9.59 Å². The maximum absolute atomic E-state index is 12.6. The van der Waals surface area contributed by atoms with Gasteiger partial charge in [-0.05, 0) is 57.0 Å². The summed E-state index contributed by atoms with van der Waals surface area (Å²) in [4.78, 5) is 24.4. The van der Waals surface area contributed by atoms with Crippen LogP contribution in [0.5, 0.6) is 0 Å². The summed E-state index contributed by atoms with van der Waals surface area (Å²) >= 11 is 11.6. The van der Waals surface area contributed by atoms with Crippen LogP contribution < -0.4 is 10.0 Å². The van der Waals surface area contributed by atoms with Crippen molar-refractivity contribution >= 4 is 50.8 Å². The molecule has 0 saturated carbocycles. The molecular weight excluding hydrogens is 479 g/mol. The molecule has 8 nitrogen and oxygen atoms in total. The number of nitrogens with one attached hydrogen (secondary N) is 2. The second-order valence-corrected chi connectivity index (χ2v) is 9.87. The Morgan fingerprint density at radius 3 is 2.19 bits per heavy atom. The number of amides is 1. The van der Waals surface area contributed by atoms with Crippen molar-refractivity contribution in [3.63, 3.8) is 0 Å². The molecule has 3 N–H and O–H groups in total. The number of rotatable bonds is 8. The molecule has 2 aromatic carbocycles. The number of benzene rings is 2. The molecule has 0 aliphatic carbocycles. The molecule has 0 spiro atoms. The zero-order valence-corrected chi connectivity index (χ0v) is 20.2. The summed E-state index contributed by atoms with van der Waals surface area (Å²) in [6, 6.07) is 5.74. The molecule has 0 aliphatic heterocycles. The minimum atomic E-state index is -4.25. The van der Waals surface area contributed by atoms with Crippen molar-refractivity contribution in [3.05, 3.63) is 57.1 Å². The molecule has 0 aliphatic rings. The highest BCUT2D eigenvalue weighted by Gasteiger charge is 2.31. The summed E-state index contributed by atoms with van der Waals surface area (Å²) in [6.07, 6.45) is -1.44. The zero-order valence-electron chi connectivity index (χ0n) is 17.9. The van der Waals surface area contributed by atoms with Crippen molar-refractivity contribution in [1.29, 1.82) is 0 Å². The highest BCUT2D eigenvalue weighted by molar-refractivity contribution is 7.89. The standard InChI is InChI=1S/C21H24Cl2N2O6S/c1-11-7-12(2)19(13(3)8-11)24-18(27)10-31-21(28)20(14(4)26)25-32(29,30)15-5-6-16(22)17(23)9-15/h5-9,14,20,25-26H,10H2,1-4H3,(H,24,27)/t14-,20+/m0/s1. The number of aliphatic hydroxyl groups excluding tert-OH is 1. The summed E-state index contributed by atoms with van der Waals surface area (Å²) in [5, 5.41) is 12.7. The van der Waals surface area contributed by atoms with E-state index in [0.29, 0.717) is 5.69 Å². The molecule has 0 bridgehead atoms. The van der Waals surface area contributed by atoms with E-state index in [-0.39, 0.29) is 14.9 Å². The predicted molar refractivity (Wildman–Crippen MR) is 122 cm³/mol. The number of aryl methyl sites for hydroxylation is 3. The normalized spacial score (nSPS) is 13.3. The van der Waals surface area contributed by atoms with Crippen LogP contribution in [0, 0.1) is 20.8 Å². The number of carbonyl (C=O) groups excluding carboxylic acids is 2. The van der Waals surface area contributed by atoms with E-state index in [0.717, 1.165) is 22.8 Å². The van der Waals surface area contributed by atoms with Crippen LogP contribution in [0.1, 0.15) is 23.6 Å². The molecule has 0 unspecified atom stereocenters. The molecule has 32 heavy (non-hydrogen) atoms. The highest BCUT2D eigenvalue weighted by Crippen LogP contribution is 2.25. The molecule has 0 saturated heterocycles. The number of ether oxygens (including phenoxy) is 1. The first-order valence-electron chi connectivity index (χ1n) is 9.51. The Bertz CT molecular complexity index is 1110. The van der Waals surface area contributed by atoms with Gasteiger partial charge in [-0.2, -0.15) is 4.72 Å². The van der Waals surface area contributed by atoms with Gasteiger partial charge in [0.2, 0.25) is 10.0 Å². The number of anilines is 1. The van der Waals surface area contributed by atoms with Crippen molar-refractivity contribution in [1.82, 2.24) is 4.72 Å². The smallest absolute Gasteiger partial charge is 0.327 e. The lowest BCUT2D eigenvalue weighted by Gasteiger charge is -2.20. The van der Waals surface area contributed by atoms with Crippen molar-refractivity contribution in [3.8, 4) is 0 Å². The fraction of sp³-hybridized carbons (Fsp3) is 0.333. The molecule has 0 fully saturated rings. The van der Waals surface area contributed by atoms with Crippen LogP contribution in [0.2, 0.25) is 10.0 Å². The quantitative estimate of drug-likeness (QED) is 0.476. The average Bonchev–Trinajstić information content (AvgIpc) is 2.68. The Morgan fingerprint density at radius 2 is 1.66 bits per heavy atom. The number of hydrogen-bond donors (Lipinski definition) is 3. The SMILES string of the molecule is Cc1cc(C)c(NC(=O)COC(=O)[C@H](NS(=O)(=O)c2ccc(Cl)c(Cl)c2)[C@H](C)O)c(C)c1. The molecule has 174 valence electrons. The summed E-state index contributed by atoms with van der Waals surface area (Å²) in [5.74, 6) is -1.72. The first-order valence-corrected chi connectivity index (χ1v) is 11.8. The fourth-order valence-corrected chi connectivity index (χ4v) is 4.65. The van der Waals surface area contributed by atoms with Crippen LogP contribution >= 0.6 is 23.2 Å². The average molecular weight is 503 g/mol. The zero-order chi connectivity index (χ0) is 24.2. The van der Waals surface area contributed by atoms with Crippen molar-refractivity contribution in [2.24, 2.45) is 0 Å². The van der Waals surface area contributed by atoms with Gasteiger partial charge < -0.3 is 15.2 Å². The number of carbonyl (C=O) groups is 2.